The highest BCUT2D eigenvalue weighted by atomic mass is 16.7. The van der Waals surface area contributed by atoms with Crippen molar-refractivity contribution in [2.75, 3.05) is 6.61 Å². The van der Waals surface area contributed by atoms with Gasteiger partial charge in [0.25, 0.3) is 0 Å². The Morgan fingerprint density at radius 3 is 2.22 bits per heavy atom. The lowest BCUT2D eigenvalue weighted by atomic mass is 9.37. The minimum atomic E-state index is -1.71. The molecule has 6 rings (SSSR count). The van der Waals surface area contributed by atoms with E-state index in [0.29, 0.717) is 44.9 Å². The number of ether oxygens (including phenoxy) is 2. The van der Waals surface area contributed by atoms with E-state index in [1.54, 1.807) is 6.92 Å². The zero-order chi connectivity index (χ0) is 33.1. The third-order valence-corrected chi connectivity index (χ3v) is 14.1. The van der Waals surface area contributed by atoms with E-state index in [9.17, 15) is 45.6 Å². The summed E-state index contributed by atoms with van der Waals surface area (Å²) in [5, 5.41) is 85.9. The molecule has 0 spiro atoms. The number of allylic oxidation sites excluding steroid dienone is 1. The van der Waals surface area contributed by atoms with Crippen LogP contribution >= 0.6 is 0 Å². The van der Waals surface area contributed by atoms with Crippen molar-refractivity contribution in [1.82, 2.24) is 0 Å². The summed E-state index contributed by atoms with van der Waals surface area (Å²) in [5.41, 5.74) is -2.63. The van der Waals surface area contributed by atoms with Crippen LogP contribution in [-0.2, 0) is 14.3 Å². The van der Waals surface area contributed by atoms with Gasteiger partial charge in [0.15, 0.2) is 0 Å². The van der Waals surface area contributed by atoms with Crippen molar-refractivity contribution >= 4 is 5.97 Å². The highest BCUT2D eigenvalue weighted by Gasteiger charge is 2.69. The van der Waals surface area contributed by atoms with E-state index >= 15 is 0 Å². The van der Waals surface area contributed by atoms with Crippen LogP contribution in [-0.4, -0.2) is 108 Å². The maximum Gasteiger partial charge on any atom is 0.315 e. The predicted molar refractivity (Wildman–Crippen MR) is 160 cm³/mol. The Labute approximate surface area is 265 Å². The second kappa shape index (κ2) is 10.9. The van der Waals surface area contributed by atoms with Crippen LogP contribution in [0.25, 0.3) is 0 Å². The van der Waals surface area contributed by atoms with Gasteiger partial charge < -0.3 is 50.3 Å². The summed E-state index contributed by atoms with van der Waals surface area (Å²) in [4.78, 5) is 14.3. The zero-order valence-corrected chi connectivity index (χ0v) is 27.2. The van der Waals surface area contributed by atoms with Crippen LogP contribution in [0.3, 0.4) is 0 Å². The summed E-state index contributed by atoms with van der Waals surface area (Å²) >= 11 is 0. The molecule has 0 radical (unpaired) electrons. The standard InChI is InChI=1S/C34H54O11/c1-30(2)12-13-34(29(42)45-28-25(39)24(38)23(37)19(15-35)44-28)11-8-17-16(22(34)27(30)41)6-7-20-31(17,3)10-9-21-32(20,4)14-18(36)26(40)33(21,5)43/h6,17-28,35-41,43H,7-15H2,1-5H3/t17?,18-,19-,20+,21?,22-,23-,24+,25-,26+,27+,28+,31+,32-,33+,34-/m1/s1. The van der Waals surface area contributed by atoms with Gasteiger partial charge in [-0.15, -0.1) is 0 Å². The molecule has 5 fully saturated rings. The Hall–Kier alpha value is -1.15. The van der Waals surface area contributed by atoms with Crippen molar-refractivity contribution in [3.05, 3.63) is 11.6 Å². The number of carbonyl (C=O) groups is 1. The number of hydrogen-bond acceptors (Lipinski definition) is 11. The fourth-order valence-electron chi connectivity index (χ4n) is 11.4. The smallest absolute Gasteiger partial charge is 0.315 e. The summed E-state index contributed by atoms with van der Waals surface area (Å²) in [5.74, 6) is -1.22. The Morgan fingerprint density at radius 1 is 0.867 bits per heavy atom. The third-order valence-electron chi connectivity index (χ3n) is 14.1. The molecule has 1 heterocycles. The molecule has 5 aliphatic carbocycles. The van der Waals surface area contributed by atoms with E-state index in [2.05, 4.69) is 19.9 Å². The highest BCUT2D eigenvalue weighted by molar-refractivity contribution is 5.79. The second-order valence-corrected chi connectivity index (χ2v) is 16.8. The van der Waals surface area contributed by atoms with Crippen molar-refractivity contribution in [2.24, 2.45) is 45.3 Å². The number of esters is 1. The minimum absolute atomic E-state index is 0.0460. The van der Waals surface area contributed by atoms with Crippen molar-refractivity contribution in [3.63, 3.8) is 0 Å². The molecule has 0 bridgehead atoms. The first-order valence-corrected chi connectivity index (χ1v) is 16.8. The largest absolute Gasteiger partial charge is 0.432 e. The van der Waals surface area contributed by atoms with Crippen LogP contribution in [0.4, 0.5) is 0 Å². The number of hydrogen-bond donors (Lipinski definition) is 8. The minimum Gasteiger partial charge on any atom is -0.432 e. The average molecular weight is 639 g/mol. The topological polar surface area (TPSA) is 197 Å². The Bertz CT molecular complexity index is 1200. The van der Waals surface area contributed by atoms with Gasteiger partial charge in [-0.3, -0.25) is 4.79 Å². The Kier molecular flexibility index (Phi) is 8.20. The summed E-state index contributed by atoms with van der Waals surface area (Å²) < 4.78 is 11.3. The number of aliphatic hydroxyl groups excluding tert-OH is 7. The van der Waals surface area contributed by atoms with Crippen molar-refractivity contribution in [3.8, 4) is 0 Å². The Morgan fingerprint density at radius 2 is 1.56 bits per heavy atom. The maximum absolute atomic E-state index is 14.3. The number of fused-ring (bicyclic) bond motifs is 7. The van der Waals surface area contributed by atoms with Crippen molar-refractivity contribution in [1.29, 1.82) is 0 Å². The van der Waals surface area contributed by atoms with Gasteiger partial charge in [0.05, 0.1) is 29.8 Å². The fraction of sp³-hybridized carbons (Fsp3) is 0.912. The van der Waals surface area contributed by atoms with E-state index < -0.39 is 89.4 Å². The fourth-order valence-corrected chi connectivity index (χ4v) is 11.4. The molecule has 1 saturated heterocycles. The molecule has 16 atom stereocenters. The molecule has 2 unspecified atom stereocenters. The van der Waals surface area contributed by atoms with Gasteiger partial charge in [-0.2, -0.15) is 0 Å². The van der Waals surface area contributed by atoms with Crippen molar-refractivity contribution < 1.29 is 55.1 Å². The van der Waals surface area contributed by atoms with Crippen LogP contribution in [0.5, 0.6) is 0 Å². The maximum atomic E-state index is 14.3. The first-order chi connectivity index (χ1) is 20.9. The van der Waals surface area contributed by atoms with Crippen LogP contribution in [0, 0.1) is 45.3 Å². The molecule has 256 valence electrons. The molecule has 0 aromatic carbocycles. The monoisotopic (exact) mass is 638 g/mol. The lowest BCUT2D eigenvalue weighted by Gasteiger charge is -2.68. The van der Waals surface area contributed by atoms with E-state index in [1.165, 1.54) is 0 Å². The molecular weight excluding hydrogens is 584 g/mol. The lowest BCUT2D eigenvalue weighted by molar-refractivity contribution is -0.298. The van der Waals surface area contributed by atoms with Gasteiger partial charge in [-0.25, -0.2) is 0 Å². The Balaban J connectivity index is 1.35. The summed E-state index contributed by atoms with van der Waals surface area (Å²) in [6.07, 6.45) is -4.05. The van der Waals surface area contributed by atoms with Crippen LogP contribution in [0.2, 0.25) is 0 Å². The van der Waals surface area contributed by atoms with Crippen LogP contribution in [0.15, 0.2) is 11.6 Å². The normalized spacial score (nSPS) is 55.7. The van der Waals surface area contributed by atoms with Gasteiger partial charge in [-0.1, -0.05) is 39.3 Å². The van der Waals surface area contributed by atoms with Crippen molar-refractivity contribution in [2.45, 2.75) is 141 Å². The average Bonchev–Trinajstić information content (AvgIpc) is 2.97. The molecule has 0 aromatic rings. The molecule has 0 aromatic heterocycles. The number of rotatable bonds is 3. The number of aliphatic hydroxyl groups is 8. The van der Waals surface area contributed by atoms with Gasteiger partial charge in [0, 0.05) is 5.92 Å². The highest BCUT2D eigenvalue weighted by Crippen LogP contribution is 2.71. The zero-order valence-electron chi connectivity index (χ0n) is 27.2. The molecule has 11 nitrogen and oxygen atoms in total. The molecule has 4 saturated carbocycles. The summed E-state index contributed by atoms with van der Waals surface area (Å²) in [6.45, 7) is 9.44. The quantitative estimate of drug-likeness (QED) is 0.161. The van der Waals surface area contributed by atoms with Crippen LogP contribution < -0.4 is 0 Å². The molecule has 1 aliphatic heterocycles. The second-order valence-electron chi connectivity index (χ2n) is 16.8. The lowest BCUT2D eigenvalue weighted by Crippen LogP contribution is -2.68. The van der Waals surface area contributed by atoms with E-state index in [4.69, 9.17) is 9.47 Å². The summed E-state index contributed by atoms with van der Waals surface area (Å²) in [7, 11) is 0. The predicted octanol–water partition coefficient (Wildman–Crippen LogP) is 0.768. The van der Waals surface area contributed by atoms with Gasteiger partial charge >= 0.3 is 5.97 Å². The van der Waals surface area contributed by atoms with Gasteiger partial charge in [0.1, 0.15) is 30.5 Å². The van der Waals surface area contributed by atoms with E-state index in [0.717, 1.165) is 12.0 Å². The molecule has 8 N–H and O–H groups in total. The van der Waals surface area contributed by atoms with Gasteiger partial charge in [0.2, 0.25) is 6.29 Å². The summed E-state index contributed by atoms with van der Waals surface area (Å²) in [6, 6.07) is 0. The molecule has 11 heteroatoms. The van der Waals surface area contributed by atoms with Gasteiger partial charge in [-0.05, 0) is 92.3 Å². The first-order valence-electron chi connectivity index (χ1n) is 16.8. The van der Waals surface area contributed by atoms with Crippen LogP contribution in [0.1, 0.15) is 86.0 Å². The molecule has 45 heavy (non-hydrogen) atoms. The number of carbonyl (C=O) groups excluding carboxylic acids is 1. The molecular formula is C34H54O11. The molecule has 0 amide bonds. The SMILES string of the molecule is CC1(C)CC[C@]2(C(=O)O[C@@H]3O[C@H](CO)[C@@H](O)[C@H](O)[C@H]3O)CCC3C(=CC[C@H]4[C@@]3(C)CCC3[C@](C)(O)[C@@H](O)[C@H](O)C[C@@]34C)[C@@H]2[C@@H]1O. The van der Waals surface area contributed by atoms with E-state index in [-0.39, 0.29) is 23.2 Å². The first kappa shape index (κ1) is 33.7. The van der Waals surface area contributed by atoms with E-state index in [1.807, 2.05) is 13.8 Å². The molecule has 6 aliphatic rings. The third kappa shape index (κ3) is 4.66.